The van der Waals surface area contributed by atoms with Crippen LogP contribution in [0.25, 0.3) is 0 Å². The average Bonchev–Trinajstić information content (AvgIpc) is 3.03. The van der Waals surface area contributed by atoms with Crippen LogP contribution >= 0.6 is 0 Å². The molecule has 1 aromatic rings. The van der Waals surface area contributed by atoms with E-state index < -0.39 is 11.4 Å². The number of carboxylic acid groups (broad SMARTS) is 1. The number of aryl methyl sites for hydroxylation is 1. The van der Waals surface area contributed by atoms with Gasteiger partial charge in [0.25, 0.3) is 0 Å². The van der Waals surface area contributed by atoms with Gasteiger partial charge < -0.3 is 19.9 Å². The molecular formula is C12H19N5O3. The zero-order valence-corrected chi connectivity index (χ0v) is 11.7. The Bertz CT molecular complexity index is 515. The van der Waals surface area contributed by atoms with Crippen molar-refractivity contribution in [2.75, 3.05) is 13.1 Å². The minimum atomic E-state index is -0.862. The van der Waals surface area contributed by atoms with Crippen molar-refractivity contribution in [1.29, 1.82) is 0 Å². The van der Waals surface area contributed by atoms with Crippen molar-refractivity contribution in [3.05, 3.63) is 12.2 Å². The number of nitrogens with zero attached hydrogens (tertiary/aromatic N) is 4. The monoisotopic (exact) mass is 281 g/mol. The third-order valence-electron chi connectivity index (χ3n) is 3.71. The van der Waals surface area contributed by atoms with E-state index in [1.165, 1.54) is 4.90 Å². The summed E-state index contributed by atoms with van der Waals surface area (Å²) in [6, 6.07) is -0.263. The number of carboxylic acids is 1. The van der Waals surface area contributed by atoms with E-state index in [-0.39, 0.29) is 19.1 Å². The summed E-state index contributed by atoms with van der Waals surface area (Å²) in [6.07, 6.45) is 2.08. The highest BCUT2D eigenvalue weighted by molar-refractivity contribution is 5.79. The summed E-state index contributed by atoms with van der Waals surface area (Å²) in [5.41, 5.74) is -0.846. The van der Waals surface area contributed by atoms with Gasteiger partial charge in [-0.2, -0.15) is 0 Å². The molecule has 1 aliphatic heterocycles. The van der Waals surface area contributed by atoms with Crippen LogP contribution in [-0.4, -0.2) is 49.9 Å². The summed E-state index contributed by atoms with van der Waals surface area (Å²) in [7, 11) is 0. The van der Waals surface area contributed by atoms with Crippen molar-refractivity contribution in [2.45, 2.75) is 33.4 Å². The molecule has 1 atom stereocenters. The third-order valence-corrected chi connectivity index (χ3v) is 3.71. The van der Waals surface area contributed by atoms with E-state index in [0.717, 1.165) is 6.54 Å². The molecule has 0 radical (unpaired) electrons. The number of amides is 2. The second kappa shape index (κ2) is 5.48. The summed E-state index contributed by atoms with van der Waals surface area (Å²) >= 11 is 0. The Hall–Kier alpha value is -2.12. The van der Waals surface area contributed by atoms with Gasteiger partial charge in [0.1, 0.15) is 6.33 Å². The highest BCUT2D eigenvalue weighted by Crippen LogP contribution is 2.29. The highest BCUT2D eigenvalue weighted by Gasteiger charge is 2.42. The normalized spacial score (nSPS) is 22.0. The molecule has 0 bridgehead atoms. The molecule has 1 unspecified atom stereocenters. The third kappa shape index (κ3) is 2.73. The lowest BCUT2D eigenvalue weighted by Crippen LogP contribution is -2.40. The van der Waals surface area contributed by atoms with Gasteiger partial charge in [-0.05, 0) is 20.3 Å². The topological polar surface area (TPSA) is 100 Å². The number of urea groups is 1. The Morgan fingerprint density at radius 3 is 2.90 bits per heavy atom. The van der Waals surface area contributed by atoms with Crippen molar-refractivity contribution in [2.24, 2.45) is 5.41 Å². The van der Waals surface area contributed by atoms with Crippen LogP contribution in [-0.2, 0) is 17.9 Å². The maximum absolute atomic E-state index is 12.0. The average molecular weight is 281 g/mol. The minimum Gasteiger partial charge on any atom is -0.481 e. The summed E-state index contributed by atoms with van der Waals surface area (Å²) in [4.78, 5) is 24.7. The number of hydrogen-bond donors (Lipinski definition) is 2. The number of carbonyl (C=O) groups is 2. The molecule has 8 nitrogen and oxygen atoms in total. The van der Waals surface area contributed by atoms with Crippen LogP contribution in [0.2, 0.25) is 0 Å². The molecule has 0 saturated carbocycles. The molecule has 2 rings (SSSR count). The van der Waals surface area contributed by atoms with Crippen LogP contribution in [0.15, 0.2) is 6.33 Å². The van der Waals surface area contributed by atoms with Crippen molar-refractivity contribution in [1.82, 2.24) is 25.0 Å². The first-order valence-electron chi connectivity index (χ1n) is 6.59. The molecular weight excluding hydrogens is 262 g/mol. The molecule has 8 heteroatoms. The molecule has 1 saturated heterocycles. The molecule has 0 aliphatic carbocycles. The van der Waals surface area contributed by atoms with Crippen LogP contribution in [0.1, 0.15) is 26.1 Å². The zero-order chi connectivity index (χ0) is 14.8. The molecule has 2 amide bonds. The van der Waals surface area contributed by atoms with Crippen molar-refractivity contribution >= 4 is 12.0 Å². The molecule has 0 aromatic carbocycles. The highest BCUT2D eigenvalue weighted by atomic mass is 16.4. The van der Waals surface area contributed by atoms with E-state index in [1.807, 2.05) is 11.5 Å². The molecule has 1 aliphatic rings. The van der Waals surface area contributed by atoms with Crippen molar-refractivity contribution < 1.29 is 14.7 Å². The molecule has 20 heavy (non-hydrogen) atoms. The lowest BCUT2D eigenvalue weighted by molar-refractivity contribution is -0.146. The minimum absolute atomic E-state index is 0.231. The van der Waals surface area contributed by atoms with Crippen molar-refractivity contribution in [3.8, 4) is 0 Å². The second-order valence-corrected chi connectivity index (χ2v) is 5.23. The fourth-order valence-corrected chi connectivity index (χ4v) is 2.26. The Balaban J connectivity index is 1.89. The number of likely N-dealkylation sites (tertiary alicyclic amines) is 1. The van der Waals surface area contributed by atoms with E-state index in [9.17, 15) is 9.59 Å². The molecule has 2 N–H and O–H groups in total. The van der Waals surface area contributed by atoms with Gasteiger partial charge in [0, 0.05) is 19.6 Å². The quantitative estimate of drug-likeness (QED) is 0.827. The van der Waals surface area contributed by atoms with E-state index in [2.05, 4.69) is 15.5 Å². The fourth-order valence-electron chi connectivity index (χ4n) is 2.26. The predicted molar refractivity (Wildman–Crippen MR) is 69.9 cm³/mol. The Labute approximate surface area is 116 Å². The van der Waals surface area contributed by atoms with Crippen LogP contribution in [0, 0.1) is 5.41 Å². The van der Waals surface area contributed by atoms with Gasteiger partial charge >= 0.3 is 12.0 Å². The fraction of sp³-hybridized carbons (Fsp3) is 0.667. The van der Waals surface area contributed by atoms with Crippen molar-refractivity contribution in [3.63, 3.8) is 0 Å². The number of nitrogens with one attached hydrogen (secondary N) is 1. The van der Waals surface area contributed by atoms with Gasteiger partial charge in [-0.1, -0.05) is 0 Å². The Morgan fingerprint density at radius 1 is 1.55 bits per heavy atom. The number of hydrogen-bond acceptors (Lipinski definition) is 4. The lowest BCUT2D eigenvalue weighted by atomic mass is 9.90. The first kappa shape index (κ1) is 14.3. The SMILES string of the molecule is CCn1cnnc1CNC(=O)N1CCC(C)(C(=O)O)C1. The van der Waals surface area contributed by atoms with Gasteiger partial charge in [-0.15, -0.1) is 10.2 Å². The van der Waals surface area contributed by atoms with E-state index in [4.69, 9.17) is 5.11 Å². The van der Waals surface area contributed by atoms with E-state index in [1.54, 1.807) is 13.3 Å². The van der Waals surface area contributed by atoms with E-state index >= 15 is 0 Å². The summed E-state index contributed by atoms with van der Waals surface area (Å²) in [5.74, 6) is -0.181. The molecule has 1 fully saturated rings. The van der Waals surface area contributed by atoms with Gasteiger partial charge in [0.05, 0.1) is 12.0 Å². The Kier molecular flexibility index (Phi) is 3.91. The van der Waals surface area contributed by atoms with Gasteiger partial charge in [0.15, 0.2) is 5.82 Å². The lowest BCUT2D eigenvalue weighted by Gasteiger charge is -2.20. The maximum Gasteiger partial charge on any atom is 0.317 e. The van der Waals surface area contributed by atoms with Gasteiger partial charge in [-0.3, -0.25) is 4.79 Å². The van der Waals surface area contributed by atoms with Gasteiger partial charge in [-0.25, -0.2) is 4.79 Å². The zero-order valence-electron chi connectivity index (χ0n) is 11.7. The first-order chi connectivity index (χ1) is 9.46. The molecule has 2 heterocycles. The van der Waals surface area contributed by atoms with Crippen LogP contribution in [0.4, 0.5) is 4.79 Å². The first-order valence-corrected chi connectivity index (χ1v) is 6.59. The van der Waals surface area contributed by atoms with Gasteiger partial charge in [0.2, 0.25) is 0 Å². The molecule has 1 aromatic heterocycles. The largest absolute Gasteiger partial charge is 0.481 e. The number of carbonyl (C=O) groups excluding carboxylic acids is 1. The summed E-state index contributed by atoms with van der Waals surface area (Å²) in [6.45, 7) is 5.33. The Morgan fingerprint density at radius 2 is 2.30 bits per heavy atom. The van der Waals surface area contributed by atoms with E-state index in [0.29, 0.717) is 18.8 Å². The molecule has 0 spiro atoms. The summed E-state index contributed by atoms with van der Waals surface area (Å²) < 4.78 is 1.84. The standard InChI is InChI=1S/C12H19N5O3/c1-3-16-8-14-15-9(16)6-13-11(20)17-5-4-12(2,7-17)10(18)19/h8H,3-7H2,1-2H3,(H,13,20)(H,18,19). The number of aliphatic carboxylic acids is 1. The van der Waals surface area contributed by atoms with Crippen LogP contribution in [0.5, 0.6) is 0 Å². The number of aromatic nitrogens is 3. The van der Waals surface area contributed by atoms with Crippen LogP contribution < -0.4 is 5.32 Å². The predicted octanol–water partition coefficient (Wildman–Crippen LogP) is 0.304. The molecule has 110 valence electrons. The maximum atomic E-state index is 12.0. The van der Waals surface area contributed by atoms with Crippen LogP contribution in [0.3, 0.4) is 0 Å². The summed E-state index contributed by atoms with van der Waals surface area (Å²) in [5, 5.41) is 19.6. The number of rotatable bonds is 4. The second-order valence-electron chi connectivity index (χ2n) is 5.23. The smallest absolute Gasteiger partial charge is 0.317 e.